The predicted octanol–water partition coefficient (Wildman–Crippen LogP) is 4.86. The Morgan fingerprint density at radius 2 is 1.97 bits per heavy atom. The molecule has 1 saturated carbocycles. The Bertz CT molecular complexity index is 1130. The Labute approximate surface area is 181 Å². The van der Waals surface area contributed by atoms with Gasteiger partial charge in [-0.05, 0) is 57.5 Å². The zero-order valence-corrected chi connectivity index (χ0v) is 17.7. The lowest BCUT2D eigenvalue weighted by Gasteiger charge is -2.29. The third-order valence-corrected chi connectivity index (χ3v) is 6.76. The summed E-state index contributed by atoms with van der Waals surface area (Å²) in [6.45, 7) is 2.04. The van der Waals surface area contributed by atoms with Gasteiger partial charge in [0, 0.05) is 18.5 Å². The number of halogens is 3. The molecule has 2 N–H and O–H groups in total. The molecule has 6 nitrogen and oxygen atoms in total. The molecule has 0 bridgehead atoms. The van der Waals surface area contributed by atoms with Crippen LogP contribution in [0.4, 0.5) is 18.3 Å². The number of thiazole rings is 1. The second kappa shape index (κ2) is 7.59. The molecular formula is C21H22F3N5OS. The molecule has 1 aromatic carbocycles. The molecule has 1 aliphatic carbocycles. The standard InChI is InChI=1S/C21H22F3N5OS/c1-29-8-2-3-13(10-29)25-20-28-19-17(31-20)16(11-4-5-11)26-18(27-19)14-7-6-12(9-15(14)30)21(22,23)24/h6-7,9,11,13,30H,2-5,8,10H2,1H3,(H,25,26,27,28)/t13-/m1/s1. The monoisotopic (exact) mass is 449 g/mol. The van der Waals surface area contributed by atoms with E-state index in [1.165, 1.54) is 17.4 Å². The molecule has 1 atom stereocenters. The summed E-state index contributed by atoms with van der Waals surface area (Å²) in [5.41, 5.74) is 0.650. The summed E-state index contributed by atoms with van der Waals surface area (Å²) in [6.07, 6.45) is -0.296. The first kappa shape index (κ1) is 20.4. The largest absolute Gasteiger partial charge is 0.507 e. The summed E-state index contributed by atoms with van der Waals surface area (Å²) in [7, 11) is 2.10. The average Bonchev–Trinajstić information content (AvgIpc) is 3.46. The van der Waals surface area contributed by atoms with E-state index in [0.29, 0.717) is 23.7 Å². The lowest BCUT2D eigenvalue weighted by Crippen LogP contribution is -2.39. The third kappa shape index (κ3) is 4.18. The van der Waals surface area contributed by atoms with Crippen LogP contribution in [0.1, 0.15) is 42.9 Å². The number of benzene rings is 1. The third-order valence-electron chi connectivity index (χ3n) is 5.76. The van der Waals surface area contributed by atoms with Gasteiger partial charge in [0.2, 0.25) is 0 Å². The topological polar surface area (TPSA) is 74.2 Å². The van der Waals surface area contributed by atoms with Crippen molar-refractivity contribution >= 4 is 26.8 Å². The van der Waals surface area contributed by atoms with Gasteiger partial charge in [-0.1, -0.05) is 11.3 Å². The van der Waals surface area contributed by atoms with E-state index >= 15 is 0 Å². The Kier molecular flexibility index (Phi) is 5.01. The van der Waals surface area contributed by atoms with Gasteiger partial charge in [0.05, 0.1) is 21.5 Å². The quantitative estimate of drug-likeness (QED) is 0.593. The lowest BCUT2D eigenvalue weighted by atomic mass is 10.1. The number of anilines is 1. The van der Waals surface area contributed by atoms with Gasteiger partial charge in [-0.2, -0.15) is 18.2 Å². The maximum Gasteiger partial charge on any atom is 0.416 e. The van der Waals surface area contributed by atoms with Crippen LogP contribution in [0.15, 0.2) is 18.2 Å². The molecule has 1 saturated heterocycles. The second-order valence-corrected chi connectivity index (χ2v) is 9.35. The minimum absolute atomic E-state index is 0.174. The number of phenolic OH excluding ortho intramolecular Hbond substituents is 1. The van der Waals surface area contributed by atoms with Crippen molar-refractivity contribution in [2.24, 2.45) is 0 Å². The van der Waals surface area contributed by atoms with E-state index in [1.807, 2.05) is 0 Å². The summed E-state index contributed by atoms with van der Waals surface area (Å²) in [6, 6.07) is 3.19. The van der Waals surface area contributed by atoms with Crippen LogP contribution in [0.2, 0.25) is 0 Å². The van der Waals surface area contributed by atoms with Gasteiger partial charge in [-0.15, -0.1) is 0 Å². The first-order chi connectivity index (χ1) is 14.8. The highest BCUT2D eigenvalue weighted by Crippen LogP contribution is 2.45. The molecule has 3 heterocycles. The van der Waals surface area contributed by atoms with E-state index in [2.05, 4.69) is 32.2 Å². The highest BCUT2D eigenvalue weighted by molar-refractivity contribution is 7.22. The Morgan fingerprint density at radius 3 is 2.65 bits per heavy atom. The first-order valence-electron chi connectivity index (χ1n) is 10.3. The number of fused-ring (bicyclic) bond motifs is 1. The molecule has 1 aliphatic heterocycles. The Morgan fingerprint density at radius 1 is 1.16 bits per heavy atom. The molecule has 0 amide bonds. The van der Waals surface area contributed by atoms with Crippen LogP contribution in [-0.4, -0.2) is 51.1 Å². The van der Waals surface area contributed by atoms with Gasteiger partial charge in [0.1, 0.15) is 5.75 Å². The van der Waals surface area contributed by atoms with Gasteiger partial charge >= 0.3 is 6.18 Å². The molecule has 5 rings (SSSR count). The van der Waals surface area contributed by atoms with Crippen molar-refractivity contribution < 1.29 is 18.3 Å². The maximum absolute atomic E-state index is 12.9. The minimum Gasteiger partial charge on any atom is -0.507 e. The maximum atomic E-state index is 12.9. The number of alkyl halides is 3. The number of hydrogen-bond acceptors (Lipinski definition) is 7. The van der Waals surface area contributed by atoms with Crippen molar-refractivity contribution in [3.63, 3.8) is 0 Å². The fourth-order valence-corrected chi connectivity index (χ4v) is 5.07. The SMILES string of the molecule is CN1CCC[C@@H](Nc2nc3nc(-c4ccc(C(F)(F)F)cc4O)nc(C4CC4)c3s2)C1. The van der Waals surface area contributed by atoms with E-state index in [9.17, 15) is 18.3 Å². The lowest BCUT2D eigenvalue weighted by molar-refractivity contribution is -0.137. The Hall–Kier alpha value is -2.46. The number of aromatic hydroxyl groups is 1. The molecule has 2 aliphatic rings. The zero-order valence-electron chi connectivity index (χ0n) is 16.9. The predicted molar refractivity (Wildman–Crippen MR) is 113 cm³/mol. The van der Waals surface area contributed by atoms with E-state index < -0.39 is 17.5 Å². The van der Waals surface area contributed by atoms with Gasteiger partial charge in [0.25, 0.3) is 0 Å². The molecule has 2 fully saturated rings. The Balaban J connectivity index is 1.51. The highest BCUT2D eigenvalue weighted by Gasteiger charge is 2.33. The van der Waals surface area contributed by atoms with E-state index in [1.54, 1.807) is 0 Å². The smallest absolute Gasteiger partial charge is 0.416 e. The minimum atomic E-state index is -4.53. The zero-order chi connectivity index (χ0) is 21.8. The molecule has 31 heavy (non-hydrogen) atoms. The number of rotatable bonds is 4. The summed E-state index contributed by atoms with van der Waals surface area (Å²) in [5.74, 6) is 0.0135. The normalized spacial score (nSPS) is 20.3. The number of likely N-dealkylation sites (tertiary alicyclic amines) is 1. The molecular weight excluding hydrogens is 427 g/mol. The van der Waals surface area contributed by atoms with Gasteiger partial charge < -0.3 is 15.3 Å². The molecule has 0 spiro atoms. The van der Waals surface area contributed by atoms with Crippen LogP contribution in [0, 0.1) is 0 Å². The summed E-state index contributed by atoms with van der Waals surface area (Å²) in [4.78, 5) is 16.1. The van der Waals surface area contributed by atoms with Crippen molar-refractivity contribution in [1.82, 2.24) is 19.9 Å². The van der Waals surface area contributed by atoms with Gasteiger partial charge in [0.15, 0.2) is 16.6 Å². The first-order valence-corrected chi connectivity index (χ1v) is 11.1. The van der Waals surface area contributed by atoms with Gasteiger partial charge in [-0.3, -0.25) is 0 Å². The van der Waals surface area contributed by atoms with E-state index in [-0.39, 0.29) is 11.4 Å². The van der Waals surface area contributed by atoms with Crippen LogP contribution in [0.25, 0.3) is 21.7 Å². The molecule has 164 valence electrons. The van der Waals surface area contributed by atoms with Crippen molar-refractivity contribution in [1.29, 1.82) is 0 Å². The van der Waals surface area contributed by atoms with Crippen LogP contribution >= 0.6 is 11.3 Å². The second-order valence-electron chi connectivity index (χ2n) is 8.35. The number of likely N-dealkylation sites (N-methyl/N-ethyl adjacent to an activating group) is 1. The van der Waals surface area contributed by atoms with Gasteiger partial charge in [-0.25, -0.2) is 9.97 Å². The highest BCUT2D eigenvalue weighted by atomic mass is 32.1. The number of nitrogens with zero attached hydrogens (tertiary/aromatic N) is 4. The molecule has 2 aromatic heterocycles. The molecule has 0 unspecified atom stereocenters. The number of nitrogens with one attached hydrogen (secondary N) is 1. The molecule has 3 aromatic rings. The average molecular weight is 450 g/mol. The summed E-state index contributed by atoms with van der Waals surface area (Å²) < 4.78 is 39.7. The van der Waals surface area contributed by atoms with Crippen LogP contribution in [-0.2, 0) is 6.18 Å². The van der Waals surface area contributed by atoms with E-state index in [4.69, 9.17) is 0 Å². The molecule has 0 radical (unpaired) electrons. The van der Waals surface area contributed by atoms with Crippen molar-refractivity contribution in [3.8, 4) is 17.1 Å². The number of aromatic nitrogens is 3. The number of piperidine rings is 1. The van der Waals surface area contributed by atoms with Crippen LogP contribution in [0.5, 0.6) is 5.75 Å². The van der Waals surface area contributed by atoms with Crippen LogP contribution < -0.4 is 5.32 Å². The fraction of sp³-hybridized carbons (Fsp3) is 0.476. The van der Waals surface area contributed by atoms with E-state index in [0.717, 1.165) is 60.4 Å². The fourth-order valence-electron chi connectivity index (χ4n) is 4.02. The summed E-state index contributed by atoms with van der Waals surface area (Å²) >= 11 is 1.52. The van der Waals surface area contributed by atoms with Crippen LogP contribution in [0.3, 0.4) is 0 Å². The summed E-state index contributed by atoms with van der Waals surface area (Å²) in [5, 5.41) is 14.5. The number of phenols is 1. The van der Waals surface area contributed by atoms with Crippen molar-refractivity contribution in [2.75, 3.05) is 25.5 Å². The molecule has 10 heteroatoms. The van der Waals surface area contributed by atoms with Crippen molar-refractivity contribution in [2.45, 2.75) is 43.8 Å². The van der Waals surface area contributed by atoms with Crippen molar-refractivity contribution in [3.05, 3.63) is 29.5 Å². The number of hydrogen-bond donors (Lipinski definition) is 2.